The zero-order chi connectivity index (χ0) is 27.0. The van der Waals surface area contributed by atoms with Crippen LogP contribution in [-0.4, -0.2) is 55.4 Å². The molecule has 5 N–H and O–H groups in total. The lowest BCUT2D eigenvalue weighted by Gasteiger charge is -2.27. The molecule has 0 fully saturated rings. The molecule has 3 aromatic heterocycles. The van der Waals surface area contributed by atoms with Gasteiger partial charge in [-0.3, -0.25) is 4.68 Å². The minimum Gasteiger partial charge on any atom is -0.394 e. The molecule has 0 radical (unpaired) electrons. The van der Waals surface area contributed by atoms with Crippen molar-refractivity contribution in [2.24, 2.45) is 5.41 Å². The maximum atomic E-state index is 9.86. The summed E-state index contributed by atoms with van der Waals surface area (Å²) in [6.45, 7) is 2.97. The first-order valence-corrected chi connectivity index (χ1v) is 13.9. The summed E-state index contributed by atoms with van der Waals surface area (Å²) in [5.41, 5.74) is 5.87. The fraction of sp³-hybridized carbons (Fsp3) is 0.310. The summed E-state index contributed by atoms with van der Waals surface area (Å²) < 4.78 is 1.71. The zero-order valence-electron chi connectivity index (χ0n) is 21.7. The number of allylic oxidation sites excluding steroid dienone is 3. The molecule has 0 saturated heterocycles. The number of hydrogen-bond acceptors (Lipinski definition) is 9. The lowest BCUT2D eigenvalue weighted by molar-refractivity contribution is 0.0782. The van der Waals surface area contributed by atoms with Crippen LogP contribution in [-0.2, 0) is 19.4 Å². The molecule has 6 rings (SSSR count). The van der Waals surface area contributed by atoms with Crippen molar-refractivity contribution in [3.63, 3.8) is 0 Å². The smallest absolute Gasteiger partial charge is 0.142 e. The molecule has 2 unspecified atom stereocenters. The summed E-state index contributed by atoms with van der Waals surface area (Å²) in [4.78, 5) is 11.2. The van der Waals surface area contributed by atoms with E-state index in [1.807, 2.05) is 24.4 Å². The zero-order valence-corrected chi connectivity index (χ0v) is 22.5. The van der Waals surface area contributed by atoms with Crippen LogP contribution in [0.4, 0.5) is 17.2 Å². The number of anilines is 3. The van der Waals surface area contributed by atoms with Gasteiger partial charge in [0.2, 0.25) is 0 Å². The molecule has 39 heavy (non-hydrogen) atoms. The van der Waals surface area contributed by atoms with E-state index in [1.54, 1.807) is 22.3 Å². The van der Waals surface area contributed by atoms with Gasteiger partial charge >= 0.3 is 0 Å². The van der Waals surface area contributed by atoms with Gasteiger partial charge in [-0.2, -0.15) is 5.10 Å². The number of nitrogens with one attached hydrogen (secondary N) is 3. The predicted molar refractivity (Wildman–Crippen MR) is 156 cm³/mol. The van der Waals surface area contributed by atoms with Gasteiger partial charge in [0, 0.05) is 51.8 Å². The third-order valence-electron chi connectivity index (χ3n) is 7.37. The number of thiophene rings is 1. The van der Waals surface area contributed by atoms with Gasteiger partial charge in [-0.05, 0) is 43.0 Å². The number of fused-ring (bicyclic) bond motifs is 5. The average molecular weight is 542 g/mol. The summed E-state index contributed by atoms with van der Waals surface area (Å²) in [6.07, 6.45) is 15.2. The lowest BCUT2D eigenvalue weighted by Crippen LogP contribution is -2.25. The molecular formula is C29H31N7O2S. The minimum atomic E-state index is -0.841. The van der Waals surface area contributed by atoms with Gasteiger partial charge < -0.3 is 26.3 Å². The second kappa shape index (κ2) is 10.4. The summed E-state index contributed by atoms with van der Waals surface area (Å²) in [5.74, 6) is 0.743. The third kappa shape index (κ3) is 4.98. The fourth-order valence-electron chi connectivity index (χ4n) is 5.25. The van der Waals surface area contributed by atoms with Crippen LogP contribution in [0.25, 0.3) is 20.7 Å². The van der Waals surface area contributed by atoms with Crippen LogP contribution in [0.5, 0.6) is 0 Å². The number of aromatic nitrogens is 4. The highest BCUT2D eigenvalue weighted by molar-refractivity contribution is 7.22. The topological polar surface area (TPSA) is 132 Å². The van der Waals surface area contributed by atoms with Gasteiger partial charge in [0.25, 0.3) is 0 Å². The van der Waals surface area contributed by atoms with Crippen molar-refractivity contribution in [1.82, 2.24) is 19.7 Å². The van der Waals surface area contributed by atoms with Crippen LogP contribution in [0.2, 0.25) is 0 Å². The highest BCUT2D eigenvalue weighted by Crippen LogP contribution is 2.45. The SMILES string of the molecule is CC1(CNc2ccc(Nc3ncnc4sc5c(c34)CCc3nn(CC(O)CO)cc3-5)cc2C=N)C=CC=CC1. The van der Waals surface area contributed by atoms with Gasteiger partial charge in [0.15, 0.2) is 0 Å². The molecule has 10 heteroatoms. The number of rotatable bonds is 9. The van der Waals surface area contributed by atoms with Crippen molar-refractivity contribution in [3.05, 3.63) is 71.8 Å². The fourth-order valence-corrected chi connectivity index (χ4v) is 6.47. The van der Waals surface area contributed by atoms with Gasteiger partial charge in [0.1, 0.15) is 17.0 Å². The standard InChI is InChI=1S/C29H31N7O2S/c1-29(9-3-2-4-10-29)16-31-23-7-5-19(11-18(23)12-30)34-27-25-21-6-8-24-22(14-36(35-24)13-20(38)15-37)26(21)39-28(25)33-17-32-27/h2-5,7,9,11-12,14,17,20,30-31,37-38H,6,8,10,13,15-16H2,1H3,(H,32,33,34). The van der Waals surface area contributed by atoms with Gasteiger partial charge in [-0.25, -0.2) is 9.97 Å². The van der Waals surface area contributed by atoms with Crippen LogP contribution in [0.3, 0.4) is 0 Å². The molecule has 1 aromatic carbocycles. The normalized spacial score (nSPS) is 18.5. The van der Waals surface area contributed by atoms with Crippen LogP contribution in [0.15, 0.2) is 55.0 Å². The van der Waals surface area contributed by atoms with E-state index in [2.05, 4.69) is 56.9 Å². The van der Waals surface area contributed by atoms with Crippen molar-refractivity contribution in [2.75, 3.05) is 23.8 Å². The molecule has 3 heterocycles. The monoisotopic (exact) mass is 541 g/mol. The van der Waals surface area contributed by atoms with Crippen molar-refractivity contribution < 1.29 is 10.2 Å². The number of nitrogens with zero attached hydrogens (tertiary/aromatic N) is 4. The molecule has 0 aliphatic heterocycles. The Labute approximate surface area is 230 Å². The number of aliphatic hydroxyl groups is 2. The van der Waals surface area contributed by atoms with E-state index < -0.39 is 6.10 Å². The highest BCUT2D eigenvalue weighted by Gasteiger charge is 2.27. The van der Waals surface area contributed by atoms with Gasteiger partial charge in [0.05, 0.1) is 30.3 Å². The molecule has 2 aliphatic rings. The average Bonchev–Trinajstić information content (AvgIpc) is 3.54. The summed E-state index contributed by atoms with van der Waals surface area (Å²) in [7, 11) is 0. The molecule has 9 nitrogen and oxygen atoms in total. The van der Waals surface area contributed by atoms with E-state index in [4.69, 9.17) is 5.41 Å². The number of hydrogen-bond donors (Lipinski definition) is 5. The molecule has 0 saturated carbocycles. The van der Waals surface area contributed by atoms with Crippen molar-refractivity contribution in [1.29, 1.82) is 5.41 Å². The van der Waals surface area contributed by atoms with Crippen molar-refractivity contribution >= 4 is 45.0 Å². The van der Waals surface area contributed by atoms with Crippen LogP contribution in [0.1, 0.15) is 30.2 Å². The van der Waals surface area contributed by atoms with E-state index in [1.165, 1.54) is 11.8 Å². The number of benzene rings is 1. The number of aryl methyl sites for hydroxylation is 2. The van der Waals surface area contributed by atoms with Crippen LogP contribution in [0, 0.1) is 10.8 Å². The maximum Gasteiger partial charge on any atom is 0.142 e. The van der Waals surface area contributed by atoms with E-state index in [9.17, 15) is 10.2 Å². The summed E-state index contributed by atoms with van der Waals surface area (Å²) in [6, 6.07) is 5.99. The predicted octanol–water partition coefficient (Wildman–Crippen LogP) is 4.68. The Balaban J connectivity index is 1.27. The molecular weight excluding hydrogens is 510 g/mol. The van der Waals surface area contributed by atoms with E-state index in [-0.39, 0.29) is 18.6 Å². The Hall–Kier alpha value is -3.86. The first-order valence-electron chi connectivity index (χ1n) is 13.1. The Bertz CT molecular complexity index is 1600. The van der Waals surface area contributed by atoms with Crippen molar-refractivity contribution in [3.8, 4) is 10.4 Å². The van der Waals surface area contributed by atoms with E-state index >= 15 is 0 Å². The van der Waals surface area contributed by atoms with Crippen LogP contribution >= 0.6 is 11.3 Å². The summed E-state index contributed by atoms with van der Waals surface area (Å²) in [5, 5.41) is 39.7. The Morgan fingerprint density at radius 1 is 1.26 bits per heavy atom. The van der Waals surface area contributed by atoms with E-state index in [0.29, 0.717) is 0 Å². The first kappa shape index (κ1) is 25.4. The maximum absolute atomic E-state index is 9.86. The first-order chi connectivity index (χ1) is 19.0. The Morgan fingerprint density at radius 2 is 2.15 bits per heavy atom. The Morgan fingerprint density at radius 3 is 2.95 bits per heavy atom. The van der Waals surface area contributed by atoms with Gasteiger partial charge in [-0.1, -0.05) is 31.2 Å². The minimum absolute atomic E-state index is 0.0462. The highest BCUT2D eigenvalue weighted by atomic mass is 32.1. The molecule has 200 valence electrons. The second-order valence-electron chi connectivity index (χ2n) is 10.4. The number of aliphatic hydroxyl groups excluding tert-OH is 2. The largest absolute Gasteiger partial charge is 0.394 e. The lowest BCUT2D eigenvalue weighted by atomic mass is 9.83. The quantitative estimate of drug-likeness (QED) is 0.194. The van der Waals surface area contributed by atoms with Crippen LogP contribution < -0.4 is 10.6 Å². The molecule has 4 aromatic rings. The molecule has 0 amide bonds. The summed E-state index contributed by atoms with van der Waals surface area (Å²) >= 11 is 1.62. The van der Waals surface area contributed by atoms with Crippen molar-refractivity contribution in [2.45, 2.75) is 38.8 Å². The second-order valence-corrected chi connectivity index (χ2v) is 11.4. The van der Waals surface area contributed by atoms with E-state index in [0.717, 1.165) is 74.9 Å². The molecule has 2 aliphatic carbocycles. The molecule has 0 spiro atoms. The molecule has 0 bridgehead atoms. The van der Waals surface area contributed by atoms with Gasteiger partial charge in [-0.15, -0.1) is 11.3 Å². The third-order valence-corrected chi connectivity index (χ3v) is 8.55. The molecule has 2 atom stereocenters. The Kier molecular flexibility index (Phi) is 6.76.